The van der Waals surface area contributed by atoms with E-state index in [9.17, 15) is 14.4 Å². The number of amides is 3. The van der Waals surface area contributed by atoms with Crippen molar-refractivity contribution in [2.45, 2.75) is 110 Å². The summed E-state index contributed by atoms with van der Waals surface area (Å²) in [6.45, 7) is 16.6. The van der Waals surface area contributed by atoms with Crippen LogP contribution in [0.5, 0.6) is 0 Å². The molecule has 2 aliphatic rings. The number of likely N-dealkylation sites (tertiary alicyclic amines) is 2. The molecule has 0 aromatic rings. The summed E-state index contributed by atoms with van der Waals surface area (Å²) < 4.78 is 0. The number of alkyl halides is 1. The number of nitrogens with zero attached hydrogens (tertiary/aromatic N) is 3. The molecule has 1 N–H and O–H groups in total. The first-order chi connectivity index (χ1) is 16.8. The summed E-state index contributed by atoms with van der Waals surface area (Å²) in [4.78, 5) is 46.5. The summed E-state index contributed by atoms with van der Waals surface area (Å²) in [6, 6.07) is -0.757. The number of hydrogen-bond acceptors (Lipinski definition) is 4. The Bertz CT molecular complexity index is 790. The number of rotatable bonds is 9. The molecule has 0 aromatic heterocycles. The molecule has 36 heavy (non-hydrogen) atoms. The van der Waals surface area contributed by atoms with Crippen LogP contribution in [0.15, 0.2) is 11.6 Å². The zero-order chi connectivity index (χ0) is 27.2. The number of hydrogen-bond donors (Lipinski definition) is 1. The maximum atomic E-state index is 13.7. The highest BCUT2D eigenvalue weighted by molar-refractivity contribution is 9.09. The standard InChI is InChI=1S/C28H49BrN4O3/c1-18(2)24(17-21(7)27(35)32-15-12-22(29)13-16-32)31(8)28(36)25(19(3)4)30-26(34)23-11-9-10-14-33(23)20(5)6/h17-20,22-25H,9-16H2,1-8H3,(H,30,34)/b21-17+/t23-,24-,25?/m1/s1. The van der Waals surface area contributed by atoms with Gasteiger partial charge in [-0.15, -0.1) is 0 Å². The molecule has 2 heterocycles. The summed E-state index contributed by atoms with van der Waals surface area (Å²) in [5.41, 5.74) is 0.668. The fourth-order valence-electron chi connectivity index (χ4n) is 5.36. The lowest BCUT2D eigenvalue weighted by Crippen LogP contribution is -2.58. The lowest BCUT2D eigenvalue weighted by Gasteiger charge is -2.39. The molecular formula is C28H49BrN4O3. The molecule has 0 spiro atoms. The van der Waals surface area contributed by atoms with Crippen molar-refractivity contribution in [3.8, 4) is 0 Å². The predicted molar refractivity (Wildman–Crippen MR) is 150 cm³/mol. The van der Waals surface area contributed by atoms with Crippen molar-refractivity contribution in [3.05, 3.63) is 11.6 Å². The highest BCUT2D eigenvalue weighted by atomic mass is 79.9. The van der Waals surface area contributed by atoms with Crippen LogP contribution in [-0.4, -0.2) is 88.1 Å². The van der Waals surface area contributed by atoms with E-state index in [2.05, 4.69) is 53.8 Å². The van der Waals surface area contributed by atoms with Crippen molar-refractivity contribution >= 4 is 33.7 Å². The van der Waals surface area contributed by atoms with Crippen LogP contribution in [0.25, 0.3) is 0 Å². The van der Waals surface area contributed by atoms with Gasteiger partial charge in [0.05, 0.1) is 12.1 Å². The van der Waals surface area contributed by atoms with Crippen molar-refractivity contribution in [1.29, 1.82) is 0 Å². The summed E-state index contributed by atoms with van der Waals surface area (Å²) in [5.74, 6) is -0.0541. The Morgan fingerprint density at radius 2 is 1.56 bits per heavy atom. The first-order valence-electron chi connectivity index (χ1n) is 13.8. The number of carbonyl (C=O) groups is 3. The number of halogens is 1. The number of carbonyl (C=O) groups excluding carboxylic acids is 3. The van der Waals surface area contributed by atoms with Crippen LogP contribution < -0.4 is 5.32 Å². The second-order valence-corrected chi connectivity index (χ2v) is 12.9. The highest BCUT2D eigenvalue weighted by Crippen LogP contribution is 2.23. The average molecular weight is 570 g/mol. The van der Waals surface area contributed by atoms with Crippen molar-refractivity contribution in [3.63, 3.8) is 0 Å². The van der Waals surface area contributed by atoms with Crippen LogP contribution in [0.3, 0.4) is 0 Å². The predicted octanol–water partition coefficient (Wildman–Crippen LogP) is 4.21. The van der Waals surface area contributed by atoms with Gasteiger partial charge in [-0.1, -0.05) is 56.1 Å². The van der Waals surface area contributed by atoms with Gasteiger partial charge in [0.15, 0.2) is 0 Å². The molecule has 0 radical (unpaired) electrons. The minimum Gasteiger partial charge on any atom is -0.343 e. The zero-order valence-electron chi connectivity index (χ0n) is 23.7. The minimum absolute atomic E-state index is 0.0423. The Morgan fingerprint density at radius 3 is 2.08 bits per heavy atom. The molecular weight excluding hydrogens is 520 g/mol. The molecule has 2 aliphatic heterocycles. The van der Waals surface area contributed by atoms with Gasteiger partial charge < -0.3 is 15.1 Å². The molecule has 8 heteroatoms. The van der Waals surface area contributed by atoms with Crippen LogP contribution in [0, 0.1) is 11.8 Å². The van der Waals surface area contributed by atoms with Crippen LogP contribution in [0.4, 0.5) is 0 Å². The average Bonchev–Trinajstić information content (AvgIpc) is 2.84. The number of likely N-dealkylation sites (N-methyl/N-ethyl adjacent to an activating group) is 1. The van der Waals surface area contributed by atoms with Crippen molar-refractivity contribution in [1.82, 2.24) is 20.0 Å². The Labute approximate surface area is 227 Å². The van der Waals surface area contributed by atoms with Crippen molar-refractivity contribution < 1.29 is 14.4 Å². The van der Waals surface area contributed by atoms with Gasteiger partial charge in [0.2, 0.25) is 17.7 Å². The fraction of sp³-hybridized carbons (Fsp3) is 0.821. The third kappa shape index (κ3) is 8.04. The first kappa shape index (κ1) is 30.8. The smallest absolute Gasteiger partial charge is 0.249 e. The minimum atomic E-state index is -0.609. The van der Waals surface area contributed by atoms with Crippen molar-refractivity contribution in [2.75, 3.05) is 26.7 Å². The van der Waals surface area contributed by atoms with Crippen LogP contribution in [0.2, 0.25) is 0 Å². The van der Waals surface area contributed by atoms with E-state index in [0.29, 0.717) is 10.4 Å². The maximum Gasteiger partial charge on any atom is 0.249 e. The van der Waals surface area contributed by atoms with Gasteiger partial charge >= 0.3 is 0 Å². The van der Waals surface area contributed by atoms with Gasteiger partial charge in [0.25, 0.3) is 0 Å². The quantitative estimate of drug-likeness (QED) is 0.334. The first-order valence-corrected chi connectivity index (χ1v) is 14.7. The van der Waals surface area contributed by atoms with E-state index >= 15 is 0 Å². The van der Waals surface area contributed by atoms with E-state index in [0.717, 1.165) is 51.7 Å². The van der Waals surface area contributed by atoms with E-state index in [1.165, 1.54) is 0 Å². The van der Waals surface area contributed by atoms with Gasteiger partial charge in [0, 0.05) is 36.6 Å². The molecule has 206 valence electrons. The molecule has 2 rings (SSSR count). The third-order valence-corrected chi connectivity index (χ3v) is 8.60. The molecule has 2 fully saturated rings. The van der Waals surface area contributed by atoms with E-state index in [4.69, 9.17) is 0 Å². The third-order valence-electron chi connectivity index (χ3n) is 7.69. The fourth-order valence-corrected chi connectivity index (χ4v) is 5.77. The van der Waals surface area contributed by atoms with Gasteiger partial charge in [-0.25, -0.2) is 0 Å². The van der Waals surface area contributed by atoms with Gasteiger partial charge in [-0.3, -0.25) is 19.3 Å². The molecule has 3 atom stereocenters. The second kappa shape index (κ2) is 13.9. The molecule has 0 aliphatic carbocycles. The topological polar surface area (TPSA) is 73.0 Å². The van der Waals surface area contributed by atoms with E-state index < -0.39 is 6.04 Å². The van der Waals surface area contributed by atoms with Gasteiger partial charge in [0.1, 0.15) is 6.04 Å². The summed E-state index contributed by atoms with van der Waals surface area (Å²) in [6.07, 6.45) is 6.80. The van der Waals surface area contributed by atoms with E-state index in [-0.39, 0.29) is 47.7 Å². The Morgan fingerprint density at radius 1 is 0.944 bits per heavy atom. The highest BCUT2D eigenvalue weighted by Gasteiger charge is 2.36. The largest absolute Gasteiger partial charge is 0.343 e. The van der Waals surface area contributed by atoms with Crippen LogP contribution in [-0.2, 0) is 14.4 Å². The molecule has 0 saturated carbocycles. The molecule has 0 aromatic carbocycles. The summed E-state index contributed by atoms with van der Waals surface area (Å²) >= 11 is 3.64. The zero-order valence-corrected chi connectivity index (χ0v) is 25.3. The SMILES string of the molecule is C/C(=C\[C@H](C(C)C)N(C)C(=O)C(NC(=O)[C@H]1CCCCN1C(C)C)C(C)C)C(=O)N1CCC(Br)CC1. The Hall–Kier alpha value is -1.41. The molecule has 3 amide bonds. The maximum absolute atomic E-state index is 13.7. The number of nitrogens with one attached hydrogen (secondary N) is 1. The molecule has 1 unspecified atom stereocenters. The Balaban J connectivity index is 2.16. The lowest BCUT2D eigenvalue weighted by molar-refractivity contribution is -0.140. The van der Waals surface area contributed by atoms with Crippen molar-refractivity contribution in [2.24, 2.45) is 11.8 Å². The van der Waals surface area contributed by atoms with E-state index in [1.54, 1.807) is 11.9 Å². The van der Waals surface area contributed by atoms with Crippen LogP contribution >= 0.6 is 15.9 Å². The Kier molecular flexibility index (Phi) is 11.9. The molecule has 7 nitrogen and oxygen atoms in total. The monoisotopic (exact) mass is 568 g/mol. The summed E-state index contributed by atoms with van der Waals surface area (Å²) in [5, 5.41) is 3.11. The lowest BCUT2D eigenvalue weighted by atomic mass is 9.95. The summed E-state index contributed by atoms with van der Waals surface area (Å²) in [7, 11) is 1.79. The molecule has 2 saturated heterocycles. The van der Waals surface area contributed by atoms with Gasteiger partial charge in [-0.2, -0.15) is 0 Å². The second-order valence-electron chi connectivity index (χ2n) is 11.6. The normalized spacial score (nSPS) is 22.2. The van der Waals surface area contributed by atoms with Gasteiger partial charge in [-0.05, 0) is 64.8 Å². The number of piperidine rings is 2. The molecule has 0 bridgehead atoms. The van der Waals surface area contributed by atoms with E-state index in [1.807, 2.05) is 31.7 Å². The van der Waals surface area contributed by atoms with Crippen LogP contribution in [0.1, 0.15) is 80.6 Å².